The van der Waals surface area contributed by atoms with E-state index >= 15 is 0 Å². The predicted octanol–water partition coefficient (Wildman–Crippen LogP) is 3.22. The number of hydrogen-bond acceptors (Lipinski definition) is 0. The van der Waals surface area contributed by atoms with Gasteiger partial charge in [0, 0.05) is 0 Å². The quantitative estimate of drug-likeness (QED) is 0.219. The molecule has 196 valence electrons. The second kappa shape index (κ2) is 12.9. The number of hydrogen-bond donors (Lipinski definition) is 0. The number of fused-ring (bicyclic) bond motifs is 4. The van der Waals surface area contributed by atoms with Gasteiger partial charge in [0.15, 0.2) is 0 Å². The first-order chi connectivity index (χ1) is 17.9. The summed E-state index contributed by atoms with van der Waals surface area (Å²) in [6, 6.07) is 26.0. The number of halogens is 2. The zero-order chi connectivity index (χ0) is 23.9. The van der Waals surface area contributed by atoms with Crippen molar-refractivity contribution in [2.75, 3.05) is 0 Å². The normalized spacial score (nSPS) is 20.4. The van der Waals surface area contributed by atoms with E-state index in [1.807, 2.05) is 5.31 Å². The molecule has 1 atom stereocenters. The summed E-state index contributed by atoms with van der Waals surface area (Å²) in [5, 5.41) is 1.96. The van der Waals surface area contributed by atoms with E-state index in [2.05, 4.69) is 72.8 Å². The van der Waals surface area contributed by atoms with Crippen molar-refractivity contribution >= 4 is 17.3 Å². The molecule has 38 heavy (non-hydrogen) atoms. The van der Waals surface area contributed by atoms with Gasteiger partial charge in [-0.05, 0) is 0 Å². The van der Waals surface area contributed by atoms with Crippen LogP contribution in [0.1, 0.15) is 90.1 Å². The van der Waals surface area contributed by atoms with Crippen molar-refractivity contribution in [3.63, 3.8) is 0 Å². The zero-order valence-corrected chi connectivity index (χ0v) is 28.1. The number of benzene rings is 3. The molecule has 0 amide bonds. The average Bonchev–Trinajstić information content (AvgIpc) is 3.49. The van der Waals surface area contributed by atoms with Crippen LogP contribution in [0.5, 0.6) is 0 Å². The molecule has 4 aliphatic rings. The summed E-state index contributed by atoms with van der Waals surface area (Å²) in [5.74, 6) is 0. The molecule has 4 aliphatic carbocycles. The van der Waals surface area contributed by atoms with Gasteiger partial charge in [0.25, 0.3) is 0 Å². The SMILES string of the molecule is C1=C(P(C2CCCCC2)C2CCCCC2)[CH]([Hf+2][c]2cccc3c2Cc2ccccc2-3)c2ccccc21.[Cl-].[Cl-]. The molecule has 0 radical (unpaired) electrons. The molecule has 0 saturated heterocycles. The van der Waals surface area contributed by atoms with E-state index in [0.717, 1.165) is 21.4 Å². The molecule has 7 rings (SSSR count). The molecule has 0 nitrogen and oxygen atoms in total. The van der Waals surface area contributed by atoms with Crippen molar-refractivity contribution in [2.24, 2.45) is 0 Å². The minimum Gasteiger partial charge on any atom is -1.00 e. The first kappa shape index (κ1) is 28.8. The Bertz CT molecular complexity index is 1270. The molecule has 3 aromatic carbocycles. The maximum atomic E-state index is 2.75. The van der Waals surface area contributed by atoms with Crippen molar-refractivity contribution in [2.45, 2.75) is 85.6 Å². The summed E-state index contributed by atoms with van der Waals surface area (Å²) < 4.78 is 2.56. The van der Waals surface area contributed by atoms with Crippen LogP contribution in [0.2, 0.25) is 0 Å². The van der Waals surface area contributed by atoms with Crippen LogP contribution in [0.4, 0.5) is 0 Å². The molecule has 3 aromatic rings. The van der Waals surface area contributed by atoms with E-state index in [1.165, 1.54) is 80.9 Å². The van der Waals surface area contributed by atoms with E-state index in [0.29, 0.717) is 0 Å². The van der Waals surface area contributed by atoms with E-state index in [9.17, 15) is 0 Å². The zero-order valence-electron chi connectivity index (χ0n) is 22.1. The molecule has 0 aromatic heterocycles. The minimum atomic E-state index is -1.16. The molecule has 0 bridgehead atoms. The average molecular weight is 726 g/mol. The second-order valence-corrected chi connectivity index (χ2v) is 19.3. The molecular weight excluding hydrogens is 689 g/mol. The Morgan fingerprint density at radius 1 is 0.632 bits per heavy atom. The summed E-state index contributed by atoms with van der Waals surface area (Å²) in [5.41, 5.74) is 11.5. The maximum absolute atomic E-state index is 2.75. The van der Waals surface area contributed by atoms with Gasteiger partial charge in [-0.15, -0.1) is 0 Å². The van der Waals surface area contributed by atoms with Crippen LogP contribution in [-0.4, -0.2) is 11.3 Å². The van der Waals surface area contributed by atoms with Gasteiger partial charge in [-0.3, -0.25) is 0 Å². The monoisotopic (exact) mass is 726 g/mol. The van der Waals surface area contributed by atoms with Crippen molar-refractivity contribution < 1.29 is 47.7 Å². The molecule has 0 N–H and O–H groups in total. The molecule has 2 saturated carbocycles. The Kier molecular flexibility index (Phi) is 9.74. The van der Waals surface area contributed by atoms with E-state index in [4.69, 9.17) is 0 Å². The standard InChI is InChI=1S/C21H28P.C13H9.2ClH.Hf/c1-3-11-19(12-4-1)22(20-13-5-2-6-14-20)21-15-17-9-7-8-10-18(17)16-21;1-3-7-12-10(5-1)9-11-6-2-4-8-13(11)12;;;/h7-10,15-16,19-20H,1-6,11-14H2;1-5,7-8H,9H2;2*1H;/q;;;;+2/p-2. The summed E-state index contributed by atoms with van der Waals surface area (Å²) in [4.78, 5) is 0. The van der Waals surface area contributed by atoms with Crippen molar-refractivity contribution in [3.8, 4) is 11.1 Å². The van der Waals surface area contributed by atoms with Gasteiger partial charge >= 0.3 is 231 Å². The fraction of sp³-hybridized carbons (Fsp3) is 0.412. The summed E-state index contributed by atoms with van der Waals surface area (Å²) in [6.07, 6.45) is 18.8. The van der Waals surface area contributed by atoms with Crippen molar-refractivity contribution in [3.05, 3.63) is 94.3 Å². The molecular formula is C34H37Cl2HfP. The van der Waals surface area contributed by atoms with Crippen LogP contribution >= 0.6 is 7.92 Å². The van der Waals surface area contributed by atoms with Crippen LogP contribution in [0.3, 0.4) is 0 Å². The van der Waals surface area contributed by atoms with Crippen molar-refractivity contribution in [1.82, 2.24) is 0 Å². The van der Waals surface area contributed by atoms with Crippen LogP contribution in [0, 0.1) is 0 Å². The molecule has 0 heterocycles. The van der Waals surface area contributed by atoms with Crippen LogP contribution in [0.15, 0.2) is 72.0 Å². The minimum absolute atomic E-state index is 0. The van der Waals surface area contributed by atoms with Crippen LogP contribution < -0.4 is 28.1 Å². The Balaban J connectivity index is 0.00000147. The Hall–Kier alpha value is -0.720. The molecule has 2 fully saturated rings. The Labute approximate surface area is 254 Å². The predicted molar refractivity (Wildman–Crippen MR) is 152 cm³/mol. The third-order valence-electron chi connectivity index (χ3n) is 9.29. The first-order valence-electron chi connectivity index (χ1n) is 14.4. The number of allylic oxidation sites excluding steroid dienone is 1. The topological polar surface area (TPSA) is 0 Å². The Morgan fingerprint density at radius 2 is 1.26 bits per heavy atom. The maximum Gasteiger partial charge on any atom is -1.00 e. The van der Waals surface area contributed by atoms with E-state index in [1.54, 1.807) is 20.0 Å². The molecule has 1 unspecified atom stereocenters. The number of rotatable bonds is 5. The van der Waals surface area contributed by atoms with E-state index in [-0.39, 0.29) is 32.7 Å². The largest absolute Gasteiger partial charge is 1.00 e. The second-order valence-electron chi connectivity index (χ2n) is 11.4. The van der Waals surface area contributed by atoms with Crippen LogP contribution in [0.25, 0.3) is 17.2 Å². The summed E-state index contributed by atoms with van der Waals surface area (Å²) in [7, 11) is -0.0228. The van der Waals surface area contributed by atoms with Gasteiger partial charge in [-0.2, -0.15) is 0 Å². The first-order valence-corrected chi connectivity index (χ1v) is 19.8. The van der Waals surface area contributed by atoms with Gasteiger partial charge in [0.2, 0.25) is 0 Å². The van der Waals surface area contributed by atoms with Gasteiger partial charge in [0.1, 0.15) is 0 Å². The fourth-order valence-corrected chi connectivity index (χ4v) is 19.3. The van der Waals surface area contributed by atoms with E-state index < -0.39 is 22.9 Å². The third kappa shape index (κ3) is 5.44. The van der Waals surface area contributed by atoms with Crippen LogP contribution in [-0.2, 0) is 29.3 Å². The van der Waals surface area contributed by atoms with Gasteiger partial charge in [-0.25, -0.2) is 0 Å². The third-order valence-corrected chi connectivity index (χ3v) is 19.8. The van der Waals surface area contributed by atoms with Gasteiger partial charge in [-0.1, -0.05) is 0 Å². The summed E-state index contributed by atoms with van der Waals surface area (Å²) in [6.45, 7) is 0. The Morgan fingerprint density at radius 3 is 2.00 bits per heavy atom. The summed E-state index contributed by atoms with van der Waals surface area (Å²) >= 11 is -1.16. The van der Waals surface area contributed by atoms with Gasteiger partial charge < -0.3 is 24.8 Å². The van der Waals surface area contributed by atoms with Crippen molar-refractivity contribution in [1.29, 1.82) is 0 Å². The molecule has 4 heteroatoms. The smallest absolute Gasteiger partial charge is 1.00 e. The molecule has 0 spiro atoms. The fourth-order valence-electron chi connectivity index (χ4n) is 7.57. The molecule has 0 aliphatic heterocycles. The van der Waals surface area contributed by atoms with Gasteiger partial charge in [0.05, 0.1) is 0 Å².